The number of hydrogen-bond acceptors (Lipinski definition) is 3. The largest absolute Gasteiger partial charge is 0.491 e. The lowest BCUT2D eigenvalue weighted by Crippen LogP contribution is -2.01. The average Bonchev–Trinajstić information content (AvgIpc) is 2.25. The zero-order chi connectivity index (χ0) is 12.9. The van der Waals surface area contributed by atoms with Gasteiger partial charge < -0.3 is 4.74 Å². The maximum absolute atomic E-state index is 11.3. The molecule has 1 aromatic carbocycles. The Kier molecular flexibility index (Phi) is 5.13. The fourth-order valence-electron chi connectivity index (χ4n) is 1.13. The van der Waals surface area contributed by atoms with Crippen molar-refractivity contribution >= 4 is 31.3 Å². The molecule has 0 heterocycles. The highest BCUT2D eigenvalue weighted by Crippen LogP contribution is 2.29. The van der Waals surface area contributed by atoms with Gasteiger partial charge in [0.1, 0.15) is 10.6 Å². The normalized spacial score (nSPS) is 10.5. The van der Waals surface area contributed by atoms with Crippen molar-refractivity contribution in [3.63, 3.8) is 0 Å². The zero-order valence-electron chi connectivity index (χ0n) is 9.04. The minimum Gasteiger partial charge on any atom is -0.491 e. The van der Waals surface area contributed by atoms with E-state index in [1.54, 1.807) is 6.92 Å². The molecule has 1 aromatic rings. The quantitative estimate of drug-likeness (QED) is 0.487. The standard InChI is InChI=1S/C11H10Cl2O3S/c1-2-3-4-7-16-10-6-5-9(12)8-11(10)17(13,14)15/h5-6,8H,4,7H2,1H3. The lowest BCUT2D eigenvalue weighted by atomic mass is 10.3. The summed E-state index contributed by atoms with van der Waals surface area (Å²) in [5.74, 6) is 5.70. The SMILES string of the molecule is CC#CCCOc1ccc(Cl)cc1S(=O)(=O)Cl. The third kappa shape index (κ3) is 4.47. The molecule has 1 rings (SSSR count). The van der Waals surface area contributed by atoms with Gasteiger partial charge in [0.05, 0.1) is 6.61 Å². The third-order valence-corrected chi connectivity index (χ3v) is 3.41. The highest BCUT2D eigenvalue weighted by Gasteiger charge is 2.17. The van der Waals surface area contributed by atoms with Crippen LogP contribution in [-0.2, 0) is 9.05 Å². The summed E-state index contributed by atoms with van der Waals surface area (Å²) in [4.78, 5) is -0.129. The van der Waals surface area contributed by atoms with Crippen molar-refractivity contribution < 1.29 is 13.2 Å². The molecule has 0 aliphatic heterocycles. The second-order valence-corrected chi connectivity index (χ2v) is 6.02. The van der Waals surface area contributed by atoms with Gasteiger partial charge in [-0.05, 0) is 25.1 Å². The molecular formula is C11H10Cl2O3S. The first-order valence-electron chi connectivity index (χ1n) is 4.72. The monoisotopic (exact) mass is 292 g/mol. The van der Waals surface area contributed by atoms with E-state index in [9.17, 15) is 8.42 Å². The van der Waals surface area contributed by atoms with E-state index in [1.807, 2.05) is 0 Å². The van der Waals surface area contributed by atoms with E-state index in [0.29, 0.717) is 13.0 Å². The zero-order valence-corrected chi connectivity index (χ0v) is 11.4. The summed E-state index contributed by atoms with van der Waals surface area (Å²) < 4.78 is 27.9. The number of halogens is 2. The summed E-state index contributed by atoms with van der Waals surface area (Å²) in [5.41, 5.74) is 0. The summed E-state index contributed by atoms with van der Waals surface area (Å²) in [6.45, 7) is 2.01. The molecule has 0 unspecified atom stereocenters. The summed E-state index contributed by atoms with van der Waals surface area (Å²) >= 11 is 5.71. The lowest BCUT2D eigenvalue weighted by molar-refractivity contribution is 0.319. The highest BCUT2D eigenvalue weighted by molar-refractivity contribution is 8.13. The van der Waals surface area contributed by atoms with Gasteiger partial charge in [-0.15, -0.1) is 11.8 Å². The summed E-state index contributed by atoms with van der Waals surface area (Å²) in [6.07, 6.45) is 0.515. The van der Waals surface area contributed by atoms with Gasteiger partial charge in [0.15, 0.2) is 0 Å². The molecule has 0 spiro atoms. The van der Waals surface area contributed by atoms with Crippen molar-refractivity contribution in [2.45, 2.75) is 18.2 Å². The molecule has 0 saturated heterocycles. The van der Waals surface area contributed by atoms with Crippen molar-refractivity contribution in [1.82, 2.24) is 0 Å². The molecule has 0 saturated carbocycles. The van der Waals surface area contributed by atoms with Gasteiger partial charge in [0.2, 0.25) is 0 Å². The van der Waals surface area contributed by atoms with Crippen LogP contribution >= 0.6 is 22.3 Å². The predicted molar refractivity (Wildman–Crippen MR) is 68.1 cm³/mol. The van der Waals surface area contributed by atoms with Crippen LogP contribution in [0.2, 0.25) is 5.02 Å². The summed E-state index contributed by atoms with van der Waals surface area (Å²) in [7, 11) is 1.41. The molecule has 0 fully saturated rings. The summed E-state index contributed by atoms with van der Waals surface area (Å²) in [6, 6.07) is 4.26. The predicted octanol–water partition coefficient (Wildman–Crippen LogP) is 3.06. The van der Waals surface area contributed by atoms with Crippen molar-refractivity contribution in [3.8, 4) is 17.6 Å². The minimum absolute atomic E-state index is 0.129. The topological polar surface area (TPSA) is 43.4 Å². The maximum Gasteiger partial charge on any atom is 0.265 e. The Morgan fingerprint density at radius 3 is 2.71 bits per heavy atom. The van der Waals surface area contributed by atoms with Crippen LogP contribution in [-0.4, -0.2) is 15.0 Å². The van der Waals surface area contributed by atoms with Gasteiger partial charge in [0.25, 0.3) is 9.05 Å². The van der Waals surface area contributed by atoms with E-state index in [1.165, 1.54) is 18.2 Å². The fourth-order valence-corrected chi connectivity index (χ4v) is 2.36. The van der Waals surface area contributed by atoms with Gasteiger partial charge >= 0.3 is 0 Å². The highest BCUT2D eigenvalue weighted by atomic mass is 35.7. The first-order chi connectivity index (χ1) is 7.95. The molecule has 0 aliphatic rings. The first kappa shape index (κ1) is 14.2. The average molecular weight is 293 g/mol. The number of rotatable bonds is 4. The van der Waals surface area contributed by atoms with Crippen LogP contribution in [0, 0.1) is 11.8 Å². The molecule has 0 amide bonds. The first-order valence-corrected chi connectivity index (χ1v) is 7.40. The van der Waals surface area contributed by atoms with Crippen LogP contribution in [0.3, 0.4) is 0 Å². The number of ether oxygens (including phenoxy) is 1. The molecule has 17 heavy (non-hydrogen) atoms. The van der Waals surface area contributed by atoms with Gasteiger partial charge in [-0.1, -0.05) is 11.6 Å². The van der Waals surface area contributed by atoms with Crippen LogP contribution < -0.4 is 4.74 Å². The molecule has 3 nitrogen and oxygen atoms in total. The molecule has 0 bridgehead atoms. The molecule has 0 N–H and O–H groups in total. The van der Waals surface area contributed by atoms with Gasteiger partial charge in [-0.25, -0.2) is 8.42 Å². The van der Waals surface area contributed by atoms with Gasteiger partial charge in [-0.2, -0.15) is 0 Å². The van der Waals surface area contributed by atoms with Crippen molar-refractivity contribution in [3.05, 3.63) is 23.2 Å². The molecule has 0 aromatic heterocycles. The maximum atomic E-state index is 11.3. The van der Waals surface area contributed by atoms with Crippen LogP contribution in [0.15, 0.2) is 23.1 Å². The van der Waals surface area contributed by atoms with E-state index in [-0.39, 0.29) is 15.7 Å². The van der Waals surface area contributed by atoms with Gasteiger partial charge in [0, 0.05) is 22.1 Å². The van der Waals surface area contributed by atoms with Gasteiger partial charge in [-0.3, -0.25) is 0 Å². The molecule has 0 radical (unpaired) electrons. The number of hydrogen-bond donors (Lipinski definition) is 0. The van der Waals surface area contributed by atoms with Crippen LogP contribution in [0.1, 0.15) is 13.3 Å². The Balaban J connectivity index is 2.94. The van der Waals surface area contributed by atoms with E-state index >= 15 is 0 Å². The van der Waals surface area contributed by atoms with Crippen molar-refractivity contribution in [2.75, 3.05) is 6.61 Å². The Hall–Kier alpha value is -0.890. The molecule has 6 heteroatoms. The summed E-state index contributed by atoms with van der Waals surface area (Å²) in [5, 5.41) is 0.282. The third-order valence-electron chi connectivity index (χ3n) is 1.83. The Morgan fingerprint density at radius 1 is 1.41 bits per heavy atom. The minimum atomic E-state index is -3.87. The molecule has 0 aliphatic carbocycles. The van der Waals surface area contributed by atoms with E-state index in [4.69, 9.17) is 27.0 Å². The van der Waals surface area contributed by atoms with Crippen LogP contribution in [0.5, 0.6) is 5.75 Å². The Labute approximate surface area is 110 Å². The molecular weight excluding hydrogens is 283 g/mol. The van der Waals surface area contributed by atoms with Crippen LogP contribution in [0.25, 0.3) is 0 Å². The van der Waals surface area contributed by atoms with Crippen molar-refractivity contribution in [2.24, 2.45) is 0 Å². The Morgan fingerprint density at radius 2 is 2.12 bits per heavy atom. The van der Waals surface area contributed by atoms with E-state index < -0.39 is 9.05 Å². The molecule has 92 valence electrons. The van der Waals surface area contributed by atoms with Crippen LogP contribution in [0.4, 0.5) is 0 Å². The van der Waals surface area contributed by atoms with E-state index in [0.717, 1.165) is 0 Å². The fraction of sp³-hybridized carbons (Fsp3) is 0.273. The number of benzene rings is 1. The molecule has 0 atom stereocenters. The Bertz CT molecular complexity index is 556. The lowest BCUT2D eigenvalue weighted by Gasteiger charge is -2.08. The van der Waals surface area contributed by atoms with E-state index in [2.05, 4.69) is 11.8 Å². The van der Waals surface area contributed by atoms with Crippen molar-refractivity contribution in [1.29, 1.82) is 0 Å². The second-order valence-electron chi connectivity index (χ2n) is 3.05. The smallest absolute Gasteiger partial charge is 0.265 e. The second kappa shape index (κ2) is 6.15.